The first-order chi connectivity index (χ1) is 5.61. The van der Waals surface area contributed by atoms with Crippen molar-refractivity contribution in [1.29, 1.82) is 0 Å². The number of carbonyl (C=O) groups is 1. The van der Waals surface area contributed by atoms with E-state index in [4.69, 9.17) is 6.42 Å². The van der Waals surface area contributed by atoms with Gasteiger partial charge in [0.25, 0.3) is 0 Å². The Balaban J connectivity index is 3.65. The summed E-state index contributed by atoms with van der Waals surface area (Å²) in [5, 5.41) is 2.81. The summed E-state index contributed by atoms with van der Waals surface area (Å²) >= 11 is 0. The second kappa shape index (κ2) is 5.65. The molecule has 0 aromatic rings. The van der Waals surface area contributed by atoms with E-state index in [2.05, 4.69) is 11.2 Å². The second-order valence-corrected chi connectivity index (χ2v) is 3.09. The summed E-state index contributed by atoms with van der Waals surface area (Å²) in [6.07, 6.45) is 5.79. The number of rotatable bonds is 4. The number of carbonyl (C=O) groups excluding carboxylic acids is 1. The van der Waals surface area contributed by atoms with Crippen molar-refractivity contribution < 1.29 is 4.79 Å². The van der Waals surface area contributed by atoms with E-state index in [1.54, 1.807) is 0 Å². The van der Waals surface area contributed by atoms with Crippen molar-refractivity contribution in [2.45, 2.75) is 27.2 Å². The summed E-state index contributed by atoms with van der Waals surface area (Å²) < 4.78 is 0. The van der Waals surface area contributed by atoms with Crippen molar-refractivity contribution in [1.82, 2.24) is 5.32 Å². The van der Waals surface area contributed by atoms with E-state index in [1.165, 1.54) is 0 Å². The Bertz CT molecular complexity index is 181. The van der Waals surface area contributed by atoms with Gasteiger partial charge < -0.3 is 5.32 Å². The lowest BCUT2D eigenvalue weighted by atomic mass is 9.97. The standard InChI is InChI=1S/C10H17NO/c1-5-8(3)9(4)7-11-10(12)6-2/h1,8-9H,6-7H2,2-4H3,(H,11,12). The molecule has 0 saturated carbocycles. The number of terminal acetylenes is 1. The van der Waals surface area contributed by atoms with Crippen LogP contribution in [-0.2, 0) is 4.79 Å². The topological polar surface area (TPSA) is 29.1 Å². The van der Waals surface area contributed by atoms with Crippen LogP contribution in [0.4, 0.5) is 0 Å². The van der Waals surface area contributed by atoms with Gasteiger partial charge >= 0.3 is 0 Å². The molecule has 0 rings (SSSR count). The molecule has 2 heteroatoms. The molecule has 0 spiro atoms. The largest absolute Gasteiger partial charge is 0.356 e. The Labute approximate surface area is 74.7 Å². The van der Waals surface area contributed by atoms with E-state index in [0.717, 1.165) is 0 Å². The van der Waals surface area contributed by atoms with Crippen molar-refractivity contribution in [3.8, 4) is 12.3 Å². The summed E-state index contributed by atoms with van der Waals surface area (Å²) in [7, 11) is 0. The van der Waals surface area contributed by atoms with Gasteiger partial charge in [-0.05, 0) is 5.92 Å². The van der Waals surface area contributed by atoms with Gasteiger partial charge in [0.2, 0.25) is 5.91 Å². The van der Waals surface area contributed by atoms with Crippen LogP contribution < -0.4 is 5.32 Å². The van der Waals surface area contributed by atoms with Crippen LogP contribution in [-0.4, -0.2) is 12.5 Å². The predicted octanol–water partition coefficient (Wildman–Crippen LogP) is 1.42. The minimum absolute atomic E-state index is 0.0890. The molecule has 0 saturated heterocycles. The van der Waals surface area contributed by atoms with Gasteiger partial charge in [-0.3, -0.25) is 4.79 Å². The molecule has 0 fully saturated rings. The van der Waals surface area contributed by atoms with Gasteiger partial charge in [0.1, 0.15) is 0 Å². The Morgan fingerprint density at radius 2 is 2.17 bits per heavy atom. The van der Waals surface area contributed by atoms with E-state index >= 15 is 0 Å². The molecular weight excluding hydrogens is 150 g/mol. The number of hydrogen-bond donors (Lipinski definition) is 1. The third-order valence-electron chi connectivity index (χ3n) is 2.06. The maximum absolute atomic E-state index is 10.9. The maximum atomic E-state index is 10.9. The van der Waals surface area contributed by atoms with E-state index in [0.29, 0.717) is 18.9 Å². The van der Waals surface area contributed by atoms with Crippen molar-refractivity contribution in [3.63, 3.8) is 0 Å². The summed E-state index contributed by atoms with van der Waals surface area (Å²) in [6, 6.07) is 0. The molecule has 2 nitrogen and oxygen atoms in total. The fourth-order valence-electron chi connectivity index (χ4n) is 0.741. The van der Waals surface area contributed by atoms with E-state index < -0.39 is 0 Å². The third kappa shape index (κ3) is 4.02. The average molecular weight is 167 g/mol. The molecule has 0 aliphatic carbocycles. The molecule has 0 aliphatic rings. The van der Waals surface area contributed by atoms with Crippen molar-refractivity contribution in [3.05, 3.63) is 0 Å². The van der Waals surface area contributed by atoms with E-state index in [1.807, 2.05) is 20.8 Å². The van der Waals surface area contributed by atoms with Gasteiger partial charge in [-0.25, -0.2) is 0 Å². The molecule has 0 radical (unpaired) electrons. The van der Waals surface area contributed by atoms with E-state index in [9.17, 15) is 4.79 Å². The van der Waals surface area contributed by atoms with Crippen LogP contribution >= 0.6 is 0 Å². The summed E-state index contributed by atoms with van der Waals surface area (Å²) in [6.45, 7) is 6.55. The molecule has 0 aliphatic heterocycles. The van der Waals surface area contributed by atoms with Crippen LogP contribution in [0.1, 0.15) is 27.2 Å². The van der Waals surface area contributed by atoms with Gasteiger partial charge in [-0.15, -0.1) is 12.3 Å². The second-order valence-electron chi connectivity index (χ2n) is 3.09. The molecule has 0 aromatic carbocycles. The van der Waals surface area contributed by atoms with Crippen LogP contribution in [0, 0.1) is 24.2 Å². The minimum atomic E-state index is 0.0890. The molecule has 1 N–H and O–H groups in total. The lowest BCUT2D eigenvalue weighted by Gasteiger charge is -2.14. The highest BCUT2D eigenvalue weighted by Gasteiger charge is 2.09. The van der Waals surface area contributed by atoms with Crippen LogP contribution in [0.25, 0.3) is 0 Å². The molecule has 2 unspecified atom stereocenters. The highest BCUT2D eigenvalue weighted by Crippen LogP contribution is 2.07. The normalized spacial score (nSPS) is 14.5. The highest BCUT2D eigenvalue weighted by molar-refractivity contribution is 5.75. The van der Waals surface area contributed by atoms with Crippen molar-refractivity contribution in [2.24, 2.45) is 11.8 Å². The van der Waals surface area contributed by atoms with Crippen LogP contribution in [0.2, 0.25) is 0 Å². The van der Waals surface area contributed by atoms with E-state index in [-0.39, 0.29) is 11.8 Å². The smallest absolute Gasteiger partial charge is 0.219 e. The first-order valence-electron chi connectivity index (χ1n) is 4.34. The van der Waals surface area contributed by atoms with Crippen LogP contribution in [0.3, 0.4) is 0 Å². The quantitative estimate of drug-likeness (QED) is 0.630. The van der Waals surface area contributed by atoms with Gasteiger partial charge in [-0.2, -0.15) is 0 Å². The summed E-state index contributed by atoms with van der Waals surface area (Å²) in [4.78, 5) is 10.9. The monoisotopic (exact) mass is 167 g/mol. The number of hydrogen-bond acceptors (Lipinski definition) is 1. The Morgan fingerprint density at radius 3 is 2.58 bits per heavy atom. The first-order valence-corrected chi connectivity index (χ1v) is 4.34. The van der Waals surface area contributed by atoms with Crippen LogP contribution in [0.5, 0.6) is 0 Å². The molecule has 2 atom stereocenters. The number of nitrogens with one attached hydrogen (secondary N) is 1. The predicted molar refractivity (Wildman–Crippen MR) is 50.5 cm³/mol. The van der Waals surface area contributed by atoms with Gasteiger partial charge in [0.15, 0.2) is 0 Å². The summed E-state index contributed by atoms with van der Waals surface area (Å²) in [5.74, 6) is 3.32. The van der Waals surface area contributed by atoms with Gasteiger partial charge in [-0.1, -0.05) is 20.8 Å². The average Bonchev–Trinajstić information content (AvgIpc) is 2.11. The minimum Gasteiger partial charge on any atom is -0.356 e. The Kier molecular flexibility index (Phi) is 5.19. The lowest BCUT2D eigenvalue weighted by molar-refractivity contribution is -0.120. The fourth-order valence-corrected chi connectivity index (χ4v) is 0.741. The van der Waals surface area contributed by atoms with Gasteiger partial charge in [0.05, 0.1) is 0 Å². The maximum Gasteiger partial charge on any atom is 0.219 e. The lowest BCUT2D eigenvalue weighted by Crippen LogP contribution is -2.29. The molecule has 12 heavy (non-hydrogen) atoms. The Hall–Kier alpha value is -0.970. The van der Waals surface area contributed by atoms with Crippen molar-refractivity contribution in [2.75, 3.05) is 6.54 Å². The SMILES string of the molecule is C#CC(C)C(C)CNC(=O)CC. The molecular formula is C10H17NO. The number of amides is 1. The first kappa shape index (κ1) is 11.0. The van der Waals surface area contributed by atoms with Crippen LogP contribution in [0.15, 0.2) is 0 Å². The highest BCUT2D eigenvalue weighted by atomic mass is 16.1. The molecule has 1 amide bonds. The molecule has 0 bridgehead atoms. The zero-order chi connectivity index (χ0) is 9.56. The molecule has 0 heterocycles. The summed E-state index contributed by atoms with van der Waals surface area (Å²) in [5.41, 5.74) is 0. The third-order valence-corrected chi connectivity index (χ3v) is 2.06. The fraction of sp³-hybridized carbons (Fsp3) is 0.700. The molecule has 68 valence electrons. The van der Waals surface area contributed by atoms with Gasteiger partial charge in [0, 0.05) is 18.9 Å². The Morgan fingerprint density at radius 1 is 1.58 bits per heavy atom. The molecule has 0 aromatic heterocycles. The van der Waals surface area contributed by atoms with Crippen molar-refractivity contribution >= 4 is 5.91 Å². The zero-order valence-corrected chi connectivity index (χ0v) is 8.05. The zero-order valence-electron chi connectivity index (χ0n) is 8.05.